The number of nitrogens with one attached hydrogen (secondary N) is 1. The van der Waals surface area contributed by atoms with Crippen molar-refractivity contribution >= 4 is 23.1 Å². The van der Waals surface area contributed by atoms with Crippen LogP contribution in [0.3, 0.4) is 0 Å². The summed E-state index contributed by atoms with van der Waals surface area (Å²) in [5, 5.41) is 11.1. The predicted molar refractivity (Wildman–Crippen MR) is 63.8 cm³/mol. The summed E-state index contributed by atoms with van der Waals surface area (Å²) >= 11 is 5.86. The van der Waals surface area contributed by atoms with Gasteiger partial charge in [-0.1, -0.05) is 13.8 Å². The monoisotopic (exact) mass is 239 g/mol. The Hall–Kier alpha value is -1.36. The number of fused-ring (bicyclic) bond motifs is 1. The molecule has 0 aromatic carbocycles. The molecule has 0 unspecified atom stereocenters. The van der Waals surface area contributed by atoms with Crippen molar-refractivity contribution in [2.24, 2.45) is 5.41 Å². The molecule has 5 nitrogen and oxygen atoms in total. The van der Waals surface area contributed by atoms with Gasteiger partial charge in [-0.05, 0) is 5.41 Å². The van der Waals surface area contributed by atoms with Crippen molar-refractivity contribution in [3.05, 3.63) is 18.7 Å². The fourth-order valence-corrected chi connectivity index (χ4v) is 1.35. The topological polar surface area (TPSA) is 55.1 Å². The summed E-state index contributed by atoms with van der Waals surface area (Å²) in [5.41, 5.74) is 0.753. The van der Waals surface area contributed by atoms with Gasteiger partial charge in [-0.2, -0.15) is 0 Å². The van der Waals surface area contributed by atoms with Gasteiger partial charge in [0.2, 0.25) is 5.65 Å². The lowest BCUT2D eigenvalue weighted by atomic mass is 9.97. The van der Waals surface area contributed by atoms with Crippen LogP contribution in [0, 0.1) is 5.41 Å². The Labute approximate surface area is 98.9 Å². The van der Waals surface area contributed by atoms with E-state index in [2.05, 4.69) is 34.3 Å². The molecule has 0 saturated carbocycles. The van der Waals surface area contributed by atoms with Crippen LogP contribution in [0.4, 0.5) is 5.82 Å². The third-order valence-corrected chi connectivity index (χ3v) is 3.04. The second-order valence-electron chi connectivity index (χ2n) is 4.49. The molecule has 2 rings (SSSR count). The Morgan fingerprint density at radius 3 is 3.06 bits per heavy atom. The minimum absolute atomic E-state index is 0.0239. The van der Waals surface area contributed by atoms with Gasteiger partial charge in [-0.3, -0.25) is 4.40 Å². The molecule has 16 heavy (non-hydrogen) atoms. The van der Waals surface area contributed by atoms with Crippen molar-refractivity contribution in [2.75, 3.05) is 17.7 Å². The van der Waals surface area contributed by atoms with Crippen molar-refractivity contribution in [1.82, 2.24) is 19.6 Å². The highest BCUT2D eigenvalue weighted by Crippen LogP contribution is 2.18. The first kappa shape index (κ1) is 11.1. The fourth-order valence-electron chi connectivity index (χ4n) is 1.25. The van der Waals surface area contributed by atoms with Crippen LogP contribution >= 0.6 is 11.6 Å². The van der Waals surface area contributed by atoms with E-state index in [0.717, 1.165) is 18.0 Å². The lowest BCUT2D eigenvalue weighted by Gasteiger charge is -2.21. The maximum atomic E-state index is 5.86. The molecule has 2 aromatic rings. The SMILES string of the molecule is CC(C)(CCl)CNc1nccn2cnnc12. The first-order valence-corrected chi connectivity index (χ1v) is 5.60. The Balaban J connectivity index is 2.18. The number of nitrogens with zero attached hydrogens (tertiary/aromatic N) is 4. The molecule has 0 radical (unpaired) electrons. The number of hydrogen-bond donors (Lipinski definition) is 1. The van der Waals surface area contributed by atoms with Gasteiger partial charge in [0.1, 0.15) is 6.33 Å². The first-order valence-electron chi connectivity index (χ1n) is 5.06. The molecule has 0 saturated heterocycles. The molecule has 0 fully saturated rings. The normalized spacial score (nSPS) is 11.9. The number of aromatic nitrogens is 4. The van der Waals surface area contributed by atoms with Gasteiger partial charge in [0.15, 0.2) is 5.82 Å². The van der Waals surface area contributed by atoms with Gasteiger partial charge in [0.05, 0.1) is 0 Å². The first-order chi connectivity index (χ1) is 7.62. The van der Waals surface area contributed by atoms with Gasteiger partial charge in [-0.15, -0.1) is 21.8 Å². The molecule has 2 heterocycles. The average molecular weight is 240 g/mol. The Morgan fingerprint density at radius 2 is 2.31 bits per heavy atom. The number of alkyl halides is 1. The summed E-state index contributed by atoms with van der Waals surface area (Å²) in [4.78, 5) is 4.24. The third-order valence-electron chi connectivity index (χ3n) is 2.31. The van der Waals surface area contributed by atoms with Gasteiger partial charge in [0, 0.05) is 24.8 Å². The van der Waals surface area contributed by atoms with Gasteiger partial charge in [-0.25, -0.2) is 4.98 Å². The molecular formula is C10H14ClN5. The van der Waals surface area contributed by atoms with Crippen LogP contribution < -0.4 is 5.32 Å². The van der Waals surface area contributed by atoms with Crippen LogP contribution in [0.2, 0.25) is 0 Å². The highest BCUT2D eigenvalue weighted by atomic mass is 35.5. The summed E-state index contributed by atoms with van der Waals surface area (Å²) in [5.74, 6) is 1.33. The molecule has 0 amide bonds. The van der Waals surface area contributed by atoms with Crippen LogP contribution in [0.5, 0.6) is 0 Å². The number of hydrogen-bond acceptors (Lipinski definition) is 4. The maximum absolute atomic E-state index is 5.86. The Kier molecular flexibility index (Phi) is 2.96. The van der Waals surface area contributed by atoms with E-state index in [4.69, 9.17) is 11.6 Å². The van der Waals surface area contributed by atoms with E-state index in [9.17, 15) is 0 Å². The van der Waals surface area contributed by atoms with Crippen LogP contribution in [-0.2, 0) is 0 Å². The molecule has 1 N–H and O–H groups in total. The van der Waals surface area contributed by atoms with Crippen molar-refractivity contribution in [2.45, 2.75) is 13.8 Å². The minimum Gasteiger partial charge on any atom is -0.366 e. The second kappa shape index (κ2) is 4.25. The van der Waals surface area contributed by atoms with Gasteiger partial charge in [0.25, 0.3) is 0 Å². The van der Waals surface area contributed by atoms with E-state index in [1.165, 1.54) is 0 Å². The summed E-state index contributed by atoms with van der Waals surface area (Å²) in [7, 11) is 0. The Morgan fingerprint density at radius 1 is 1.50 bits per heavy atom. The molecule has 0 bridgehead atoms. The minimum atomic E-state index is 0.0239. The lowest BCUT2D eigenvalue weighted by Crippen LogP contribution is -2.25. The van der Waals surface area contributed by atoms with E-state index in [1.54, 1.807) is 12.5 Å². The summed E-state index contributed by atoms with van der Waals surface area (Å²) in [6.07, 6.45) is 5.18. The number of rotatable bonds is 4. The zero-order valence-corrected chi connectivity index (χ0v) is 10.1. The second-order valence-corrected chi connectivity index (χ2v) is 4.76. The zero-order chi connectivity index (χ0) is 11.6. The molecule has 0 aliphatic heterocycles. The van der Waals surface area contributed by atoms with Gasteiger partial charge < -0.3 is 5.32 Å². The number of anilines is 1. The zero-order valence-electron chi connectivity index (χ0n) is 9.31. The standard InChI is InChI=1S/C10H14ClN5/c1-10(2,5-11)6-13-8-9-15-14-7-16(9)4-3-12-8/h3-4,7H,5-6H2,1-2H3,(H,12,13). The van der Waals surface area contributed by atoms with E-state index in [0.29, 0.717) is 5.88 Å². The summed E-state index contributed by atoms with van der Waals surface area (Å²) in [6.45, 7) is 4.93. The van der Waals surface area contributed by atoms with Crippen LogP contribution in [0.25, 0.3) is 5.65 Å². The summed E-state index contributed by atoms with van der Waals surface area (Å²) in [6, 6.07) is 0. The average Bonchev–Trinajstić information content (AvgIpc) is 2.75. The predicted octanol–water partition coefficient (Wildman–Crippen LogP) is 1.80. The smallest absolute Gasteiger partial charge is 0.203 e. The lowest BCUT2D eigenvalue weighted by molar-refractivity contribution is 0.450. The maximum Gasteiger partial charge on any atom is 0.203 e. The Bertz CT molecular complexity index is 479. The van der Waals surface area contributed by atoms with E-state index in [-0.39, 0.29) is 5.41 Å². The van der Waals surface area contributed by atoms with Crippen molar-refractivity contribution in [3.63, 3.8) is 0 Å². The largest absolute Gasteiger partial charge is 0.366 e. The number of halogens is 1. The molecule has 0 spiro atoms. The van der Waals surface area contributed by atoms with E-state index in [1.807, 2.05) is 10.6 Å². The van der Waals surface area contributed by atoms with E-state index < -0.39 is 0 Å². The molecule has 86 valence electrons. The highest BCUT2D eigenvalue weighted by molar-refractivity contribution is 6.18. The summed E-state index contributed by atoms with van der Waals surface area (Å²) < 4.78 is 1.82. The fraction of sp³-hybridized carbons (Fsp3) is 0.500. The van der Waals surface area contributed by atoms with Crippen molar-refractivity contribution in [1.29, 1.82) is 0 Å². The van der Waals surface area contributed by atoms with Crippen molar-refractivity contribution in [3.8, 4) is 0 Å². The molecule has 0 atom stereocenters. The molecule has 2 aromatic heterocycles. The van der Waals surface area contributed by atoms with Crippen LogP contribution in [0.15, 0.2) is 18.7 Å². The van der Waals surface area contributed by atoms with E-state index >= 15 is 0 Å². The van der Waals surface area contributed by atoms with Crippen LogP contribution in [0.1, 0.15) is 13.8 Å². The molecular weight excluding hydrogens is 226 g/mol. The molecule has 0 aliphatic carbocycles. The quantitative estimate of drug-likeness (QED) is 0.827. The van der Waals surface area contributed by atoms with Crippen molar-refractivity contribution < 1.29 is 0 Å². The molecule has 0 aliphatic rings. The third kappa shape index (κ3) is 2.24. The van der Waals surface area contributed by atoms with Crippen LogP contribution in [-0.4, -0.2) is 32.0 Å². The van der Waals surface area contributed by atoms with Gasteiger partial charge >= 0.3 is 0 Å². The molecule has 6 heteroatoms. The highest BCUT2D eigenvalue weighted by Gasteiger charge is 2.17.